The number of benzene rings is 1. The third kappa shape index (κ3) is 4.74. The highest BCUT2D eigenvalue weighted by Crippen LogP contribution is 2.35. The van der Waals surface area contributed by atoms with Gasteiger partial charge in [-0.25, -0.2) is 0 Å². The molecule has 0 amide bonds. The smallest absolute Gasteiger partial charge is 0.156 e. The summed E-state index contributed by atoms with van der Waals surface area (Å²) in [5, 5.41) is 1.12. The summed E-state index contributed by atoms with van der Waals surface area (Å²) in [4.78, 5) is 0. The van der Waals surface area contributed by atoms with Crippen LogP contribution in [0.3, 0.4) is 0 Å². The van der Waals surface area contributed by atoms with Crippen LogP contribution in [0.4, 0.5) is 0 Å². The molecule has 0 bridgehead atoms. The lowest BCUT2D eigenvalue weighted by atomic mass is 10.1. The molecule has 1 rings (SSSR count). The van der Waals surface area contributed by atoms with Crippen molar-refractivity contribution >= 4 is 23.2 Å². The lowest BCUT2D eigenvalue weighted by molar-refractivity contribution is 0.242. The first-order valence-corrected chi connectivity index (χ1v) is 6.56. The molecule has 0 aliphatic carbocycles. The molecule has 0 saturated carbocycles. The molecule has 1 atom stereocenters. The molecule has 0 radical (unpaired) electrons. The molecule has 4 heteroatoms. The Kier molecular flexibility index (Phi) is 5.57. The van der Waals surface area contributed by atoms with Gasteiger partial charge in [0.1, 0.15) is 0 Å². The molecule has 0 spiro atoms. The molecule has 2 N–H and O–H groups in total. The van der Waals surface area contributed by atoms with Crippen LogP contribution in [-0.2, 0) is 6.42 Å². The van der Waals surface area contributed by atoms with Crippen molar-refractivity contribution in [3.05, 3.63) is 27.7 Å². The highest BCUT2D eigenvalue weighted by Gasteiger charge is 2.11. The van der Waals surface area contributed by atoms with E-state index in [-0.39, 0.29) is 12.1 Å². The summed E-state index contributed by atoms with van der Waals surface area (Å²) >= 11 is 12.3. The first kappa shape index (κ1) is 14.6. The van der Waals surface area contributed by atoms with Crippen LogP contribution >= 0.6 is 23.2 Å². The largest absolute Gasteiger partial charge is 0.488 e. The van der Waals surface area contributed by atoms with Crippen LogP contribution in [0.5, 0.6) is 5.75 Å². The fourth-order valence-corrected chi connectivity index (χ4v) is 2.12. The Morgan fingerprint density at radius 2 is 1.71 bits per heavy atom. The minimum absolute atomic E-state index is 0.0555. The number of ether oxygens (including phenoxy) is 1. The van der Waals surface area contributed by atoms with E-state index in [1.54, 1.807) is 0 Å². The van der Waals surface area contributed by atoms with Gasteiger partial charge in [-0.15, -0.1) is 0 Å². The van der Waals surface area contributed by atoms with E-state index in [1.165, 1.54) is 0 Å². The maximum Gasteiger partial charge on any atom is 0.156 e. The summed E-state index contributed by atoms with van der Waals surface area (Å²) in [5.74, 6) is 0.563. The van der Waals surface area contributed by atoms with E-state index in [1.807, 2.05) is 32.9 Å². The lowest BCUT2D eigenvalue weighted by Crippen LogP contribution is -2.15. The molecule has 1 unspecified atom stereocenters. The van der Waals surface area contributed by atoms with E-state index in [4.69, 9.17) is 33.7 Å². The van der Waals surface area contributed by atoms with Crippen LogP contribution in [0.25, 0.3) is 0 Å². The van der Waals surface area contributed by atoms with E-state index >= 15 is 0 Å². The van der Waals surface area contributed by atoms with Gasteiger partial charge >= 0.3 is 0 Å². The second-order valence-electron chi connectivity index (χ2n) is 4.57. The Bertz CT molecular complexity index is 355. The number of nitrogens with two attached hydrogens (primary N) is 1. The van der Waals surface area contributed by atoms with Gasteiger partial charge in [0.2, 0.25) is 0 Å². The van der Waals surface area contributed by atoms with E-state index < -0.39 is 0 Å². The standard InChI is InChI=1S/C13H19Cl2NO/c1-8(2)17-13-11(14)6-10(7-12(13)15)5-4-9(3)16/h6-9H,4-5,16H2,1-3H3. The Labute approximate surface area is 113 Å². The van der Waals surface area contributed by atoms with Crippen molar-refractivity contribution < 1.29 is 4.74 Å². The predicted molar refractivity (Wildman–Crippen MR) is 74.2 cm³/mol. The minimum atomic E-state index is 0.0555. The Balaban J connectivity index is 2.85. The monoisotopic (exact) mass is 275 g/mol. The maximum absolute atomic E-state index is 6.15. The zero-order chi connectivity index (χ0) is 13.0. The average molecular weight is 276 g/mol. The first-order chi connectivity index (χ1) is 7.90. The summed E-state index contributed by atoms with van der Waals surface area (Å²) in [6.07, 6.45) is 1.84. The molecule has 0 aliphatic heterocycles. The maximum atomic E-state index is 6.15. The number of hydrogen-bond acceptors (Lipinski definition) is 2. The van der Waals surface area contributed by atoms with Gasteiger partial charge < -0.3 is 10.5 Å². The molecule has 0 saturated heterocycles. The van der Waals surface area contributed by atoms with Gasteiger partial charge in [0.25, 0.3) is 0 Å². The van der Waals surface area contributed by atoms with Crippen molar-refractivity contribution in [2.45, 2.75) is 45.8 Å². The topological polar surface area (TPSA) is 35.2 Å². The van der Waals surface area contributed by atoms with Crippen LogP contribution in [0.1, 0.15) is 32.8 Å². The van der Waals surface area contributed by atoms with Crippen molar-refractivity contribution in [1.82, 2.24) is 0 Å². The van der Waals surface area contributed by atoms with Crippen LogP contribution < -0.4 is 10.5 Å². The van der Waals surface area contributed by atoms with Gasteiger partial charge in [-0.1, -0.05) is 23.2 Å². The van der Waals surface area contributed by atoms with E-state index in [2.05, 4.69) is 0 Å². The van der Waals surface area contributed by atoms with Crippen LogP contribution in [0.2, 0.25) is 10.0 Å². The molecule has 96 valence electrons. The van der Waals surface area contributed by atoms with E-state index in [0.29, 0.717) is 15.8 Å². The fraction of sp³-hybridized carbons (Fsp3) is 0.538. The molecule has 0 aliphatic rings. The van der Waals surface area contributed by atoms with Crippen LogP contribution in [-0.4, -0.2) is 12.1 Å². The number of rotatable bonds is 5. The molecule has 1 aromatic rings. The number of halogens is 2. The summed E-state index contributed by atoms with van der Waals surface area (Å²) in [5.41, 5.74) is 6.81. The zero-order valence-electron chi connectivity index (χ0n) is 10.5. The summed E-state index contributed by atoms with van der Waals surface area (Å²) in [6, 6.07) is 3.97. The molecule has 0 aromatic heterocycles. The van der Waals surface area contributed by atoms with Gasteiger partial charge in [0.05, 0.1) is 16.1 Å². The van der Waals surface area contributed by atoms with Crippen LogP contribution in [0, 0.1) is 0 Å². The highest BCUT2D eigenvalue weighted by atomic mass is 35.5. The van der Waals surface area contributed by atoms with E-state index in [0.717, 1.165) is 18.4 Å². The molecule has 0 heterocycles. The third-order valence-electron chi connectivity index (χ3n) is 2.30. The van der Waals surface area contributed by atoms with Crippen molar-refractivity contribution in [2.24, 2.45) is 5.73 Å². The third-order valence-corrected chi connectivity index (χ3v) is 2.86. The van der Waals surface area contributed by atoms with Crippen LogP contribution in [0.15, 0.2) is 12.1 Å². The Morgan fingerprint density at radius 1 is 1.18 bits per heavy atom. The van der Waals surface area contributed by atoms with Crippen molar-refractivity contribution in [3.63, 3.8) is 0 Å². The molecular weight excluding hydrogens is 257 g/mol. The van der Waals surface area contributed by atoms with Crippen molar-refractivity contribution in [3.8, 4) is 5.75 Å². The Hall–Kier alpha value is -0.440. The molecule has 0 fully saturated rings. The second-order valence-corrected chi connectivity index (χ2v) is 5.39. The summed E-state index contributed by atoms with van der Waals surface area (Å²) in [7, 11) is 0. The fourth-order valence-electron chi connectivity index (χ4n) is 1.50. The van der Waals surface area contributed by atoms with Gasteiger partial charge in [-0.3, -0.25) is 0 Å². The normalized spacial score (nSPS) is 12.9. The van der Waals surface area contributed by atoms with Gasteiger partial charge in [0, 0.05) is 6.04 Å². The van der Waals surface area contributed by atoms with Gasteiger partial charge in [0.15, 0.2) is 5.75 Å². The lowest BCUT2D eigenvalue weighted by Gasteiger charge is -2.14. The van der Waals surface area contributed by atoms with E-state index in [9.17, 15) is 0 Å². The molecule has 2 nitrogen and oxygen atoms in total. The first-order valence-electron chi connectivity index (χ1n) is 5.80. The number of aryl methyl sites for hydroxylation is 1. The average Bonchev–Trinajstić information content (AvgIpc) is 2.20. The quantitative estimate of drug-likeness (QED) is 0.880. The summed E-state index contributed by atoms with van der Waals surface area (Å²) in [6.45, 7) is 5.87. The summed E-state index contributed by atoms with van der Waals surface area (Å²) < 4.78 is 5.57. The molecule has 17 heavy (non-hydrogen) atoms. The van der Waals surface area contributed by atoms with Crippen molar-refractivity contribution in [1.29, 1.82) is 0 Å². The van der Waals surface area contributed by atoms with Gasteiger partial charge in [-0.2, -0.15) is 0 Å². The highest BCUT2D eigenvalue weighted by molar-refractivity contribution is 6.37. The second kappa shape index (κ2) is 6.48. The minimum Gasteiger partial charge on any atom is -0.488 e. The predicted octanol–water partition coefficient (Wildman–Crippen LogP) is 4.06. The van der Waals surface area contributed by atoms with Gasteiger partial charge in [-0.05, 0) is 51.3 Å². The van der Waals surface area contributed by atoms with Crippen molar-refractivity contribution in [2.75, 3.05) is 0 Å². The Morgan fingerprint density at radius 3 is 2.12 bits per heavy atom. The SMILES string of the molecule is CC(N)CCc1cc(Cl)c(OC(C)C)c(Cl)c1. The molecule has 1 aromatic carbocycles. The molecular formula is C13H19Cl2NO. The number of hydrogen-bond donors (Lipinski definition) is 1. The zero-order valence-corrected chi connectivity index (χ0v) is 12.0.